The van der Waals surface area contributed by atoms with Gasteiger partial charge in [0.05, 0.1) is 71.6 Å². The molecule has 9 aromatic rings. The molecule has 554 valence electrons. The number of carbonyl (C=O) groups is 3. The minimum atomic E-state index is -0.199. The van der Waals surface area contributed by atoms with E-state index in [1.165, 1.54) is 121 Å². The van der Waals surface area contributed by atoms with E-state index in [4.69, 9.17) is 38.5 Å². The van der Waals surface area contributed by atoms with E-state index in [2.05, 4.69) is 213 Å². The van der Waals surface area contributed by atoms with Crippen molar-refractivity contribution >= 4 is 40.9 Å². The van der Waals surface area contributed by atoms with Crippen LogP contribution in [0.5, 0.6) is 0 Å². The van der Waals surface area contributed by atoms with Gasteiger partial charge in [-0.25, -0.2) is 0 Å². The Morgan fingerprint density at radius 2 is 0.774 bits per heavy atom. The van der Waals surface area contributed by atoms with Crippen LogP contribution in [-0.4, -0.2) is 65.2 Å². The number of nitrogens with one attached hydrogen (secondary N) is 3. The van der Waals surface area contributed by atoms with Crippen molar-refractivity contribution in [2.75, 3.05) is 0 Å². The molecular weight excluding hydrogens is 1350 g/mol. The lowest BCUT2D eigenvalue weighted by atomic mass is 9.68. The summed E-state index contributed by atoms with van der Waals surface area (Å²) in [6.07, 6.45) is 22.3. The van der Waals surface area contributed by atoms with Crippen molar-refractivity contribution in [2.45, 2.75) is 239 Å². The number of hydrogen-bond donors (Lipinski definition) is 3. The van der Waals surface area contributed by atoms with Crippen molar-refractivity contribution in [1.29, 1.82) is 0 Å². The van der Waals surface area contributed by atoms with E-state index in [0.717, 1.165) is 107 Å². The smallest absolute Gasteiger partial charge is 0.229 e. The molecule has 6 aromatic carbocycles. The highest BCUT2D eigenvalue weighted by molar-refractivity contribution is 6.31. The Morgan fingerprint density at radius 3 is 1.11 bits per heavy atom. The molecule has 10 unspecified atom stereocenters. The molecule has 8 aliphatic carbocycles. The molecule has 3 heterocycles. The zero-order chi connectivity index (χ0) is 73.7. The van der Waals surface area contributed by atoms with Crippen LogP contribution in [0.3, 0.4) is 0 Å². The first-order valence-electron chi connectivity index (χ1n) is 40.0. The van der Waals surface area contributed by atoms with Gasteiger partial charge in [-0.2, -0.15) is 15.3 Å². The molecule has 0 saturated heterocycles. The summed E-state index contributed by atoms with van der Waals surface area (Å²) in [5, 5.41) is 27.4. The highest BCUT2D eigenvalue weighted by Crippen LogP contribution is 2.64. The Balaban J connectivity index is 0.000000127. The number of hydrogen-bond acceptors (Lipinski definition) is 6. The van der Waals surface area contributed by atoms with Gasteiger partial charge in [0, 0.05) is 61.6 Å². The quantitative estimate of drug-likeness (QED) is 0.0880. The Kier molecular flexibility index (Phi) is 21.2. The molecular formula is C92H109Cl2N9O3. The highest BCUT2D eigenvalue weighted by atomic mass is 35.5. The maximum Gasteiger partial charge on any atom is 0.229 e. The topological polar surface area (TPSA) is 141 Å². The molecule has 17 rings (SSSR count). The van der Waals surface area contributed by atoms with Crippen LogP contribution in [0.25, 0.3) is 33.8 Å². The standard InChI is InChI=1S/C32H39N3O.C31H36ClN3O.C29H34ClN3O/c1-21-13-15-23(16-14-21)28-25-11-8-12-26(27(25)34-35(28)20-22-9-6-5-7-10-22)29(36)33-30-31(2,3)24-17-18-32(30,4)19-24;1-30(2)22-16-17-31(3,18-22)29(30)33-28(36)25-11-7-10-24-26(25)34-35(19-20-8-5-4-6-9-20)27(24)21-12-14-23(32)15-13-21;1-20(22-11-6-3-7-12-22)31-29(34)26-14-8-13-25-27(26)32-33(19-21-9-4-2-5-10-21)28(25)23-15-17-24(30)18-16-23/h5-7,9-10,13-16,24,26,30H,8,11-12,17-20H2,1-4H3,(H,33,36);4-6,8-9,12-15,22,25,29H,7,10-11,16-19H2,1-3H3,(H,33,36);2,4-5,9-10,15-18,20,22,26H,3,6-8,11-14,19H2,1H3,(H,31,34). The summed E-state index contributed by atoms with van der Waals surface area (Å²) in [5.74, 6) is 1.95. The van der Waals surface area contributed by atoms with Crippen LogP contribution in [0, 0.1) is 46.3 Å². The van der Waals surface area contributed by atoms with Crippen LogP contribution in [0.15, 0.2) is 164 Å². The SMILES string of the molecule is CC(NC(=O)C1CCCc2c1nn(Cc1ccccc1)c2-c1ccc(Cl)cc1)C1CCCCC1.CC12CCC(C1)C(C)(C)C2NC(=O)C1CCCc2c1nn(Cc1ccccc1)c2-c1ccc(Cl)cc1.Cc1ccc(-c2c3c(nn2Cc2ccccc2)C(C(=O)NC2C4(C)CCC(C4)C2(C)C)CCC3)cc1. The van der Waals surface area contributed by atoms with Crippen molar-refractivity contribution in [3.8, 4) is 33.8 Å². The molecule has 12 nitrogen and oxygen atoms in total. The van der Waals surface area contributed by atoms with Crippen LogP contribution in [0.2, 0.25) is 10.0 Å². The fourth-order valence-corrected chi connectivity index (χ4v) is 21.4. The van der Waals surface area contributed by atoms with Gasteiger partial charge in [-0.05, 0) is 203 Å². The average Bonchev–Trinajstić information content (AvgIpc) is 1.57. The summed E-state index contributed by atoms with van der Waals surface area (Å²) in [6.45, 7) is 20.6. The van der Waals surface area contributed by atoms with Crippen LogP contribution >= 0.6 is 23.2 Å². The zero-order valence-electron chi connectivity index (χ0n) is 63.7. The molecule has 3 aromatic heterocycles. The minimum absolute atomic E-state index is 0.140. The van der Waals surface area contributed by atoms with E-state index in [-0.39, 0.29) is 75.3 Å². The van der Waals surface area contributed by atoms with Gasteiger partial charge in [0.25, 0.3) is 0 Å². The Bertz CT molecular complexity index is 4380. The number of halogens is 2. The second-order valence-corrected chi connectivity index (χ2v) is 35.6. The van der Waals surface area contributed by atoms with Gasteiger partial charge in [0.1, 0.15) is 0 Å². The molecule has 0 spiro atoms. The van der Waals surface area contributed by atoms with Crippen molar-refractivity contribution in [3.63, 3.8) is 0 Å². The number of rotatable bonds is 16. The first kappa shape index (κ1) is 73.5. The minimum Gasteiger partial charge on any atom is -0.353 e. The van der Waals surface area contributed by atoms with E-state index < -0.39 is 0 Å². The highest BCUT2D eigenvalue weighted by Gasteiger charge is 2.61. The molecule has 8 aliphatic rings. The summed E-state index contributed by atoms with van der Waals surface area (Å²) < 4.78 is 6.36. The normalized spacial score (nSPS) is 25.4. The van der Waals surface area contributed by atoms with Crippen LogP contribution in [0.1, 0.15) is 231 Å². The van der Waals surface area contributed by atoms with Crippen LogP contribution in [0.4, 0.5) is 0 Å². The second kappa shape index (κ2) is 30.5. The van der Waals surface area contributed by atoms with Crippen LogP contribution < -0.4 is 16.0 Å². The number of amides is 3. The molecule has 4 bridgehead atoms. The van der Waals surface area contributed by atoms with Gasteiger partial charge in [0.15, 0.2) is 0 Å². The lowest BCUT2D eigenvalue weighted by Crippen LogP contribution is -2.53. The molecule has 3 N–H and O–H groups in total. The summed E-state index contributed by atoms with van der Waals surface area (Å²) in [6, 6.07) is 56.8. The molecule has 5 fully saturated rings. The fraction of sp³-hybridized carbons (Fsp3) is 0.478. The largest absolute Gasteiger partial charge is 0.353 e. The fourth-order valence-electron chi connectivity index (χ4n) is 21.2. The average molecular weight is 1460 g/mol. The van der Waals surface area contributed by atoms with Gasteiger partial charge in [0.2, 0.25) is 17.7 Å². The maximum absolute atomic E-state index is 13.9. The van der Waals surface area contributed by atoms with Gasteiger partial charge in [-0.3, -0.25) is 28.4 Å². The second-order valence-electron chi connectivity index (χ2n) is 34.7. The van der Waals surface area contributed by atoms with E-state index in [9.17, 15) is 14.4 Å². The molecule has 5 saturated carbocycles. The van der Waals surface area contributed by atoms with Crippen molar-refractivity contribution in [1.82, 2.24) is 45.3 Å². The summed E-state index contributed by atoms with van der Waals surface area (Å²) in [5.41, 5.74) is 19.0. The lowest BCUT2D eigenvalue weighted by Gasteiger charge is -2.43. The maximum atomic E-state index is 13.9. The van der Waals surface area contributed by atoms with E-state index >= 15 is 0 Å². The van der Waals surface area contributed by atoms with Crippen molar-refractivity contribution in [2.24, 2.45) is 39.4 Å². The first-order chi connectivity index (χ1) is 51.1. The van der Waals surface area contributed by atoms with Crippen molar-refractivity contribution in [3.05, 3.63) is 230 Å². The molecule has 10 atom stereocenters. The predicted molar refractivity (Wildman–Crippen MR) is 428 cm³/mol. The Hall–Kier alpha value is -8.06. The number of aromatic nitrogens is 6. The van der Waals surface area contributed by atoms with Gasteiger partial charge in [-0.1, -0.05) is 229 Å². The van der Waals surface area contributed by atoms with Gasteiger partial charge in [-0.15, -0.1) is 0 Å². The summed E-state index contributed by atoms with van der Waals surface area (Å²) in [7, 11) is 0. The van der Waals surface area contributed by atoms with Crippen LogP contribution in [-0.2, 0) is 53.3 Å². The Morgan fingerprint density at radius 1 is 0.434 bits per heavy atom. The number of fused-ring (bicyclic) bond motifs is 7. The lowest BCUT2D eigenvalue weighted by molar-refractivity contribution is -0.126. The summed E-state index contributed by atoms with van der Waals surface area (Å²) >= 11 is 12.4. The third-order valence-electron chi connectivity index (χ3n) is 26.9. The number of carbonyl (C=O) groups excluding carboxylic acids is 3. The van der Waals surface area contributed by atoms with E-state index in [1.54, 1.807) is 0 Å². The third kappa shape index (κ3) is 14.8. The Labute approximate surface area is 639 Å². The number of nitrogens with zero attached hydrogens (tertiary/aromatic N) is 6. The molecule has 0 radical (unpaired) electrons. The summed E-state index contributed by atoms with van der Waals surface area (Å²) in [4.78, 5) is 41.3. The molecule has 0 aliphatic heterocycles. The molecule has 106 heavy (non-hydrogen) atoms. The van der Waals surface area contributed by atoms with Gasteiger partial charge >= 0.3 is 0 Å². The molecule has 14 heteroatoms. The monoisotopic (exact) mass is 1460 g/mol. The third-order valence-corrected chi connectivity index (χ3v) is 27.4. The van der Waals surface area contributed by atoms with Gasteiger partial charge < -0.3 is 16.0 Å². The van der Waals surface area contributed by atoms with E-state index in [0.29, 0.717) is 37.4 Å². The van der Waals surface area contributed by atoms with Crippen molar-refractivity contribution < 1.29 is 14.4 Å². The number of benzene rings is 6. The van der Waals surface area contributed by atoms with E-state index in [1.807, 2.05) is 36.4 Å². The predicted octanol–water partition coefficient (Wildman–Crippen LogP) is 20.4. The number of aryl methyl sites for hydroxylation is 1. The first-order valence-corrected chi connectivity index (χ1v) is 40.8. The molecule has 3 amide bonds. The zero-order valence-corrected chi connectivity index (χ0v) is 65.2.